The lowest BCUT2D eigenvalue weighted by atomic mass is 9.96. The summed E-state index contributed by atoms with van der Waals surface area (Å²) in [5, 5.41) is 0. The van der Waals surface area contributed by atoms with Gasteiger partial charge in [-0.3, -0.25) is 4.79 Å². The average molecular weight is 376 g/mol. The molecule has 0 saturated heterocycles. The van der Waals surface area contributed by atoms with Crippen LogP contribution in [0.25, 0.3) is 0 Å². The van der Waals surface area contributed by atoms with Gasteiger partial charge in [0.2, 0.25) is 0 Å². The molecule has 0 aromatic heterocycles. The Morgan fingerprint density at radius 1 is 0.964 bits per heavy atom. The second-order valence-corrected chi connectivity index (χ2v) is 7.47. The maximum absolute atomic E-state index is 12.3. The molecule has 2 rings (SSSR count). The Bertz CT molecular complexity index is 854. The Labute approximate surface area is 168 Å². The van der Waals surface area contributed by atoms with E-state index in [-0.39, 0.29) is 11.7 Å². The van der Waals surface area contributed by atoms with Crippen LogP contribution in [0.1, 0.15) is 60.7 Å². The molecule has 3 nitrogen and oxygen atoms in total. The molecule has 0 fully saturated rings. The summed E-state index contributed by atoms with van der Waals surface area (Å²) < 4.78 is 0. The fraction of sp³-hybridized carbons (Fsp3) is 0.360. The highest BCUT2D eigenvalue weighted by molar-refractivity contribution is 5.94. The highest BCUT2D eigenvalue weighted by atomic mass is 16.2. The summed E-state index contributed by atoms with van der Waals surface area (Å²) in [5.74, 6) is 6.94. The van der Waals surface area contributed by atoms with E-state index in [2.05, 4.69) is 37.8 Å². The smallest absolute Gasteiger partial charge is 0.253 e. The van der Waals surface area contributed by atoms with Crippen molar-refractivity contribution in [3.8, 4) is 11.8 Å². The average Bonchev–Trinajstić information content (AvgIpc) is 2.67. The fourth-order valence-electron chi connectivity index (χ4n) is 3.19. The molecular formula is C25H29NO2. The number of benzene rings is 2. The number of carbonyl (C=O) groups excluding carboxylic acids is 2. The van der Waals surface area contributed by atoms with Gasteiger partial charge in [-0.25, -0.2) is 0 Å². The molecule has 0 aliphatic heterocycles. The molecule has 1 atom stereocenters. The maximum Gasteiger partial charge on any atom is 0.253 e. The number of carbonyl (C=O) groups is 2. The van der Waals surface area contributed by atoms with Crippen LogP contribution in [0, 0.1) is 17.8 Å². The van der Waals surface area contributed by atoms with Crippen LogP contribution in [0.5, 0.6) is 0 Å². The van der Waals surface area contributed by atoms with E-state index in [1.54, 1.807) is 11.8 Å². The van der Waals surface area contributed by atoms with Crippen molar-refractivity contribution < 1.29 is 9.59 Å². The third-order valence-corrected chi connectivity index (χ3v) is 4.56. The molecule has 3 heteroatoms. The van der Waals surface area contributed by atoms with Gasteiger partial charge in [-0.2, -0.15) is 0 Å². The van der Waals surface area contributed by atoms with Gasteiger partial charge in [0.1, 0.15) is 5.78 Å². The lowest BCUT2D eigenvalue weighted by Gasteiger charge is -2.15. The van der Waals surface area contributed by atoms with E-state index in [1.165, 1.54) is 5.56 Å². The Hall–Kier alpha value is -2.86. The van der Waals surface area contributed by atoms with Crippen molar-refractivity contribution >= 4 is 11.7 Å². The van der Waals surface area contributed by atoms with Crippen LogP contribution in [0.15, 0.2) is 48.5 Å². The summed E-state index contributed by atoms with van der Waals surface area (Å²) >= 11 is 0. The molecule has 1 amide bonds. The van der Waals surface area contributed by atoms with Gasteiger partial charge in [-0.05, 0) is 67.6 Å². The minimum atomic E-state index is 0.0379. The third-order valence-electron chi connectivity index (χ3n) is 4.56. The van der Waals surface area contributed by atoms with E-state index in [1.807, 2.05) is 43.4 Å². The van der Waals surface area contributed by atoms with Gasteiger partial charge in [0.25, 0.3) is 5.91 Å². The molecule has 0 heterocycles. The molecule has 0 radical (unpaired) electrons. The molecule has 0 aliphatic rings. The van der Waals surface area contributed by atoms with Crippen molar-refractivity contribution in [2.75, 3.05) is 13.6 Å². The van der Waals surface area contributed by atoms with E-state index in [4.69, 9.17) is 0 Å². The number of ketones is 1. The molecule has 0 saturated carbocycles. The first-order valence-electron chi connectivity index (χ1n) is 9.85. The molecule has 2 aromatic rings. The summed E-state index contributed by atoms with van der Waals surface area (Å²) in [6.07, 6.45) is 2.46. The summed E-state index contributed by atoms with van der Waals surface area (Å²) in [5.41, 5.74) is 3.74. The highest BCUT2D eigenvalue weighted by Gasteiger charge is 2.10. The normalized spacial score (nSPS) is 11.3. The number of rotatable bonds is 7. The van der Waals surface area contributed by atoms with Crippen molar-refractivity contribution in [1.29, 1.82) is 0 Å². The molecule has 1 unspecified atom stereocenters. The molecule has 28 heavy (non-hydrogen) atoms. The van der Waals surface area contributed by atoms with E-state index in [0.717, 1.165) is 30.5 Å². The van der Waals surface area contributed by atoms with Crippen LogP contribution in [0.2, 0.25) is 0 Å². The van der Waals surface area contributed by atoms with E-state index in [0.29, 0.717) is 17.9 Å². The van der Waals surface area contributed by atoms with Crippen LogP contribution in [-0.2, 0) is 11.2 Å². The van der Waals surface area contributed by atoms with Crippen LogP contribution >= 0.6 is 0 Å². The molecular weight excluding hydrogens is 346 g/mol. The van der Waals surface area contributed by atoms with Crippen LogP contribution in [-0.4, -0.2) is 30.2 Å². The summed E-state index contributed by atoms with van der Waals surface area (Å²) in [6, 6.07) is 15.6. The molecule has 2 aromatic carbocycles. The second kappa shape index (κ2) is 10.5. The number of amides is 1. The van der Waals surface area contributed by atoms with Crippen molar-refractivity contribution in [3.05, 3.63) is 70.8 Å². The van der Waals surface area contributed by atoms with Crippen molar-refractivity contribution in [3.63, 3.8) is 0 Å². The first-order chi connectivity index (χ1) is 13.4. The van der Waals surface area contributed by atoms with Crippen LogP contribution in [0.3, 0.4) is 0 Å². The number of hydrogen-bond donors (Lipinski definition) is 0. The van der Waals surface area contributed by atoms with Gasteiger partial charge in [0.15, 0.2) is 0 Å². The summed E-state index contributed by atoms with van der Waals surface area (Å²) in [7, 11) is 1.82. The summed E-state index contributed by atoms with van der Waals surface area (Å²) in [4.78, 5) is 25.2. The minimum Gasteiger partial charge on any atom is -0.342 e. The standard InChI is InChI=1S/C25H29NO2/c1-5-16-26(4)25(28)24-14-12-22(13-15-24)7-6-21-8-10-23(11-9-21)18-19(2)17-20(3)27/h8-15,19H,5,16-18H2,1-4H3. The highest BCUT2D eigenvalue weighted by Crippen LogP contribution is 2.13. The maximum atomic E-state index is 12.3. The van der Waals surface area contributed by atoms with Gasteiger partial charge in [0.05, 0.1) is 0 Å². The lowest BCUT2D eigenvalue weighted by molar-refractivity contribution is -0.117. The first kappa shape index (κ1) is 21.4. The molecule has 0 bridgehead atoms. The molecule has 0 aliphatic carbocycles. The predicted molar refractivity (Wildman–Crippen MR) is 114 cm³/mol. The monoisotopic (exact) mass is 375 g/mol. The Morgan fingerprint density at radius 2 is 1.50 bits per heavy atom. The SMILES string of the molecule is CCCN(C)C(=O)c1ccc(C#Cc2ccc(CC(C)CC(C)=O)cc2)cc1. The van der Waals surface area contributed by atoms with E-state index >= 15 is 0 Å². The van der Waals surface area contributed by atoms with Gasteiger partial charge < -0.3 is 9.69 Å². The predicted octanol–water partition coefficient (Wildman–Crippen LogP) is 4.73. The Kier molecular flexibility index (Phi) is 8.02. The van der Waals surface area contributed by atoms with Gasteiger partial charge in [0, 0.05) is 36.7 Å². The summed E-state index contributed by atoms with van der Waals surface area (Å²) in [6.45, 7) is 6.55. The zero-order valence-corrected chi connectivity index (χ0v) is 17.3. The third kappa shape index (κ3) is 6.70. The van der Waals surface area contributed by atoms with Crippen molar-refractivity contribution in [1.82, 2.24) is 4.90 Å². The van der Waals surface area contributed by atoms with Crippen molar-refractivity contribution in [2.24, 2.45) is 5.92 Å². The van der Waals surface area contributed by atoms with E-state index in [9.17, 15) is 9.59 Å². The number of nitrogens with zero attached hydrogens (tertiary/aromatic N) is 1. The Balaban J connectivity index is 1.99. The second-order valence-electron chi connectivity index (χ2n) is 7.47. The lowest BCUT2D eigenvalue weighted by Crippen LogP contribution is -2.27. The largest absolute Gasteiger partial charge is 0.342 e. The van der Waals surface area contributed by atoms with Crippen LogP contribution < -0.4 is 0 Å². The van der Waals surface area contributed by atoms with Gasteiger partial charge in [-0.1, -0.05) is 37.8 Å². The number of hydrogen-bond acceptors (Lipinski definition) is 2. The van der Waals surface area contributed by atoms with Gasteiger partial charge in [-0.15, -0.1) is 0 Å². The topological polar surface area (TPSA) is 37.4 Å². The van der Waals surface area contributed by atoms with Crippen LogP contribution in [0.4, 0.5) is 0 Å². The van der Waals surface area contributed by atoms with Crippen molar-refractivity contribution in [2.45, 2.75) is 40.0 Å². The Morgan fingerprint density at radius 3 is 2.00 bits per heavy atom. The zero-order valence-electron chi connectivity index (χ0n) is 17.3. The molecule has 146 valence electrons. The first-order valence-corrected chi connectivity index (χ1v) is 9.85. The molecule has 0 N–H and O–H groups in total. The van der Waals surface area contributed by atoms with E-state index < -0.39 is 0 Å². The number of Topliss-reactive ketones (excluding diaryl/α,β-unsaturated/α-hetero) is 1. The quantitative estimate of drug-likeness (QED) is 0.656. The molecule has 0 spiro atoms. The minimum absolute atomic E-state index is 0.0379. The fourth-order valence-corrected chi connectivity index (χ4v) is 3.19. The zero-order chi connectivity index (χ0) is 20.5. The van der Waals surface area contributed by atoms with Gasteiger partial charge >= 0.3 is 0 Å².